The molecule has 0 unspecified atom stereocenters. The second kappa shape index (κ2) is 10.1. The number of nitrogens with zero attached hydrogens (tertiary/aromatic N) is 1. The summed E-state index contributed by atoms with van der Waals surface area (Å²) in [5.41, 5.74) is 4.66. The molecule has 170 valence electrons. The van der Waals surface area contributed by atoms with E-state index in [0.29, 0.717) is 28.7 Å². The smallest absolute Gasteiger partial charge is 0.257 e. The van der Waals surface area contributed by atoms with Crippen molar-refractivity contribution < 1.29 is 13.2 Å². The van der Waals surface area contributed by atoms with Crippen molar-refractivity contribution in [1.82, 2.24) is 15.1 Å². The highest BCUT2D eigenvalue weighted by Crippen LogP contribution is 2.25. The molecule has 0 atom stereocenters. The highest BCUT2D eigenvalue weighted by atomic mass is 35.5. The lowest BCUT2D eigenvalue weighted by atomic mass is 10.1. The lowest BCUT2D eigenvalue weighted by Crippen LogP contribution is -2.29. The zero-order valence-electron chi connectivity index (χ0n) is 17.0. The Balaban J connectivity index is 1.31. The maximum atomic E-state index is 12.6. The monoisotopic (exact) mass is 520 g/mol. The van der Waals surface area contributed by atoms with Crippen molar-refractivity contribution in [1.29, 1.82) is 0 Å². The number of carbonyl (C=O) groups excluding carboxylic acids is 1. The second-order valence-electron chi connectivity index (χ2n) is 6.99. The van der Waals surface area contributed by atoms with E-state index < -0.39 is 10.0 Å². The van der Waals surface area contributed by atoms with Gasteiger partial charge < -0.3 is 5.32 Å². The predicted octanol–water partition coefficient (Wildman–Crippen LogP) is 4.88. The summed E-state index contributed by atoms with van der Waals surface area (Å²) < 4.78 is 26.1. The van der Waals surface area contributed by atoms with Crippen molar-refractivity contribution in [3.63, 3.8) is 0 Å². The van der Waals surface area contributed by atoms with Crippen LogP contribution < -0.4 is 15.6 Å². The van der Waals surface area contributed by atoms with Crippen LogP contribution in [0.2, 0.25) is 10.0 Å². The van der Waals surface area contributed by atoms with Gasteiger partial charge in [-0.15, -0.1) is 4.83 Å². The highest BCUT2D eigenvalue weighted by molar-refractivity contribution is 7.89. The number of halogens is 2. The molecule has 4 aromatic rings. The van der Waals surface area contributed by atoms with Crippen LogP contribution in [0.25, 0.3) is 10.2 Å². The molecular weight excluding hydrogens is 503 g/mol. The van der Waals surface area contributed by atoms with E-state index in [1.165, 1.54) is 29.5 Å². The number of thiazole rings is 1. The zero-order chi connectivity index (χ0) is 23.4. The summed E-state index contributed by atoms with van der Waals surface area (Å²) in [4.78, 5) is 19.1. The first-order valence-corrected chi connectivity index (χ1v) is 12.8. The summed E-state index contributed by atoms with van der Waals surface area (Å²) in [6.45, 7) is 0.362. The number of nitrogens with one attached hydrogen (secondary N) is 3. The van der Waals surface area contributed by atoms with Crippen molar-refractivity contribution >= 4 is 65.8 Å². The van der Waals surface area contributed by atoms with Crippen LogP contribution in [0.3, 0.4) is 0 Å². The minimum Gasteiger partial charge on any atom is -0.352 e. The molecule has 3 aromatic carbocycles. The van der Waals surface area contributed by atoms with Crippen molar-refractivity contribution in [2.75, 3.05) is 12.0 Å². The van der Waals surface area contributed by atoms with Crippen molar-refractivity contribution in [2.24, 2.45) is 0 Å². The molecule has 1 heterocycles. The Hall–Kier alpha value is -2.69. The third kappa shape index (κ3) is 5.82. The number of benzene rings is 3. The van der Waals surface area contributed by atoms with E-state index in [1.54, 1.807) is 24.3 Å². The van der Waals surface area contributed by atoms with E-state index in [9.17, 15) is 13.2 Å². The molecule has 0 saturated carbocycles. The van der Waals surface area contributed by atoms with Gasteiger partial charge in [0.25, 0.3) is 15.9 Å². The van der Waals surface area contributed by atoms with Crippen molar-refractivity contribution in [3.8, 4) is 0 Å². The number of rotatable bonds is 8. The normalized spacial score (nSPS) is 11.5. The molecule has 0 fully saturated rings. The van der Waals surface area contributed by atoms with Gasteiger partial charge in [-0.25, -0.2) is 13.4 Å². The second-order valence-corrected chi connectivity index (χ2v) is 10.5. The Kier molecular flexibility index (Phi) is 7.16. The number of sulfonamides is 1. The minimum absolute atomic E-state index is 0.108. The van der Waals surface area contributed by atoms with E-state index in [4.69, 9.17) is 23.2 Å². The van der Waals surface area contributed by atoms with E-state index in [1.807, 2.05) is 24.3 Å². The molecule has 0 aliphatic rings. The van der Waals surface area contributed by atoms with Gasteiger partial charge in [-0.3, -0.25) is 10.2 Å². The zero-order valence-corrected chi connectivity index (χ0v) is 20.2. The number of aromatic nitrogens is 1. The molecule has 33 heavy (non-hydrogen) atoms. The maximum Gasteiger partial charge on any atom is 0.257 e. The van der Waals surface area contributed by atoms with Crippen LogP contribution in [-0.2, 0) is 16.4 Å². The Morgan fingerprint density at radius 3 is 2.48 bits per heavy atom. The number of hydrogen-bond donors (Lipinski definition) is 3. The summed E-state index contributed by atoms with van der Waals surface area (Å²) in [5, 5.41) is 3.98. The number of fused-ring (bicyclic) bond motifs is 1. The van der Waals surface area contributed by atoms with E-state index in [-0.39, 0.29) is 15.8 Å². The van der Waals surface area contributed by atoms with E-state index in [2.05, 4.69) is 20.6 Å². The molecular formula is C22H18Cl2N4O3S2. The van der Waals surface area contributed by atoms with Crippen LogP contribution in [0.15, 0.2) is 71.6 Å². The van der Waals surface area contributed by atoms with E-state index >= 15 is 0 Å². The largest absolute Gasteiger partial charge is 0.352 e. The fourth-order valence-electron chi connectivity index (χ4n) is 3.02. The van der Waals surface area contributed by atoms with Crippen LogP contribution in [-0.4, -0.2) is 25.9 Å². The lowest BCUT2D eigenvalue weighted by molar-refractivity contribution is 0.0954. The Morgan fingerprint density at radius 1 is 1.00 bits per heavy atom. The molecule has 0 aliphatic heterocycles. The average Bonchev–Trinajstić information content (AvgIpc) is 3.21. The lowest BCUT2D eigenvalue weighted by Gasteiger charge is -2.09. The van der Waals surface area contributed by atoms with Crippen LogP contribution in [0.4, 0.5) is 5.13 Å². The van der Waals surface area contributed by atoms with Gasteiger partial charge in [0.2, 0.25) is 0 Å². The van der Waals surface area contributed by atoms with Crippen LogP contribution in [0.5, 0.6) is 0 Å². The predicted molar refractivity (Wildman–Crippen MR) is 133 cm³/mol. The van der Waals surface area contributed by atoms with Gasteiger partial charge in [-0.05, 0) is 54.4 Å². The Labute approximate surface area is 204 Å². The summed E-state index contributed by atoms with van der Waals surface area (Å²) >= 11 is 13.2. The van der Waals surface area contributed by atoms with Gasteiger partial charge in [0.1, 0.15) is 0 Å². The molecule has 1 aromatic heterocycles. The fraction of sp³-hybridized carbons (Fsp3) is 0.0909. The van der Waals surface area contributed by atoms with Crippen LogP contribution >= 0.6 is 34.5 Å². The first kappa shape index (κ1) is 23.5. The number of hydrogen-bond acceptors (Lipinski definition) is 6. The van der Waals surface area contributed by atoms with Gasteiger partial charge in [-0.1, -0.05) is 58.8 Å². The summed E-state index contributed by atoms with van der Waals surface area (Å²) in [5.74, 6) is -0.305. The highest BCUT2D eigenvalue weighted by Gasteiger charge is 2.15. The topological polar surface area (TPSA) is 100 Å². The van der Waals surface area contributed by atoms with Crippen LogP contribution in [0, 0.1) is 0 Å². The Morgan fingerprint density at radius 2 is 1.76 bits per heavy atom. The third-order valence-electron chi connectivity index (χ3n) is 4.69. The number of hydrazine groups is 1. The quantitative estimate of drug-likeness (QED) is 0.287. The van der Waals surface area contributed by atoms with E-state index in [0.717, 1.165) is 15.8 Å². The molecule has 4 rings (SSSR count). The van der Waals surface area contributed by atoms with Gasteiger partial charge in [0.05, 0.1) is 25.7 Å². The van der Waals surface area contributed by atoms with Gasteiger partial charge >= 0.3 is 0 Å². The maximum absolute atomic E-state index is 12.6. The number of amides is 1. The standard InChI is InChI=1S/C22H18Cl2N4O3S2/c23-15-7-10-17(18(24)13-15)21(29)25-12-11-14-5-8-16(9-6-14)33(30,31)28-27-22-26-19-3-1-2-4-20(19)32-22/h1-10,13,28H,11-12H2,(H,25,29)(H,26,27). The first-order valence-electron chi connectivity index (χ1n) is 9.77. The summed E-state index contributed by atoms with van der Waals surface area (Å²) in [6, 6.07) is 18.6. The molecule has 1 amide bonds. The molecule has 0 radical (unpaired) electrons. The molecule has 0 spiro atoms. The number of para-hydroxylation sites is 1. The Bertz CT molecular complexity index is 1370. The van der Waals surface area contributed by atoms with Crippen LogP contribution in [0.1, 0.15) is 15.9 Å². The first-order chi connectivity index (χ1) is 15.8. The molecule has 3 N–H and O–H groups in total. The molecule has 11 heteroatoms. The average molecular weight is 521 g/mol. The summed E-state index contributed by atoms with van der Waals surface area (Å²) in [6.07, 6.45) is 0.522. The molecule has 0 bridgehead atoms. The van der Waals surface area contributed by atoms with Gasteiger partial charge in [0, 0.05) is 11.6 Å². The van der Waals surface area contributed by atoms with Gasteiger partial charge in [0.15, 0.2) is 5.13 Å². The number of anilines is 1. The van der Waals surface area contributed by atoms with Crippen molar-refractivity contribution in [2.45, 2.75) is 11.3 Å². The third-order valence-corrected chi connectivity index (χ3v) is 7.46. The molecule has 0 saturated heterocycles. The number of carbonyl (C=O) groups is 1. The fourth-order valence-corrected chi connectivity index (χ4v) is 5.24. The van der Waals surface area contributed by atoms with Crippen molar-refractivity contribution in [3.05, 3.63) is 87.9 Å². The molecule has 0 aliphatic carbocycles. The summed E-state index contributed by atoms with van der Waals surface area (Å²) in [7, 11) is -3.78. The SMILES string of the molecule is O=C(NCCc1ccc(S(=O)(=O)NNc2nc3ccccc3s2)cc1)c1ccc(Cl)cc1Cl. The van der Waals surface area contributed by atoms with Gasteiger partial charge in [-0.2, -0.15) is 0 Å². The minimum atomic E-state index is -3.78. The molecule has 7 nitrogen and oxygen atoms in total.